The third kappa shape index (κ3) is 8.69. The molecule has 5 atom stereocenters. The summed E-state index contributed by atoms with van der Waals surface area (Å²) in [6, 6.07) is 2.13. The molecular weight excluding hydrogens is 697 g/mol. The van der Waals surface area contributed by atoms with Crippen LogP contribution in [0.5, 0.6) is 0 Å². The minimum atomic E-state index is -3.91. The number of hydrogen-bond acceptors (Lipinski definition) is 9. The Balaban J connectivity index is 1.24. The molecule has 2 aliphatic carbocycles. The van der Waals surface area contributed by atoms with E-state index in [2.05, 4.69) is 15.4 Å². The molecule has 1 aromatic rings. The summed E-state index contributed by atoms with van der Waals surface area (Å²) in [5, 5.41) is 4.82. The lowest BCUT2D eigenvalue weighted by Gasteiger charge is -2.30. The number of alkyl carbamates (subject to hydrolysis) is 1. The van der Waals surface area contributed by atoms with Crippen molar-refractivity contribution in [1.29, 1.82) is 0 Å². The van der Waals surface area contributed by atoms with Crippen molar-refractivity contribution < 1.29 is 46.3 Å². The molecule has 3 N–H and O–H groups in total. The molecular formula is C36H48FN5O9S. The van der Waals surface area contributed by atoms with Crippen LogP contribution in [0.1, 0.15) is 89.7 Å². The number of nitrogens with zero attached hydrogens (tertiary/aromatic N) is 2. The van der Waals surface area contributed by atoms with E-state index in [1.54, 1.807) is 26.8 Å². The molecule has 0 unspecified atom stereocenters. The summed E-state index contributed by atoms with van der Waals surface area (Å²) in [5.74, 6) is -2.94. The van der Waals surface area contributed by atoms with Gasteiger partial charge < -0.3 is 29.9 Å². The Labute approximate surface area is 303 Å². The highest BCUT2D eigenvalue weighted by molar-refractivity contribution is 7.91. The Hall–Kier alpha value is -4.21. The minimum Gasteiger partial charge on any atom is -0.444 e. The standard InChI is InChI=1S/C36H48FN5O9S/c1-35(2,3)51-33(46)38-28-10-8-6-4-5-7-9-24-19-36(24,32(45)40-52(48,49)27-13-14-27)39-30(43)29-18-26(21-42(29)31(28)44)50-34(47)41-16-15-22-17-25(37)12-11-23(22)20-41/h7,9,11-12,17,24,26-29H,4-6,8,10,13-16,18-21H2,1-3H3,(H,38,46)(H,39,43)(H,40,45)/b9-7-/t24-,26-,28+,29+,36-/m1/s1. The number of fused-ring (bicyclic) bond motifs is 3. The SMILES string of the molecule is CC(C)(C)OC(=O)N[C@H]1CCCCC/C=C\[C@@H]2C[C@@]2(C(=O)NS(=O)(=O)C2CC2)NC(=O)[C@@H]2C[C@@H](OC(=O)N3CCc4cc(F)ccc4C3)CN2C1=O. The highest BCUT2D eigenvalue weighted by Crippen LogP contribution is 2.46. The number of sulfonamides is 1. The van der Waals surface area contributed by atoms with Gasteiger partial charge in [-0.1, -0.05) is 31.1 Å². The van der Waals surface area contributed by atoms with Crippen LogP contribution in [0.2, 0.25) is 0 Å². The van der Waals surface area contributed by atoms with Gasteiger partial charge in [-0.2, -0.15) is 0 Å². The molecule has 0 spiro atoms. The molecule has 1 aromatic carbocycles. The van der Waals surface area contributed by atoms with E-state index >= 15 is 0 Å². The van der Waals surface area contributed by atoms with Gasteiger partial charge in [0.25, 0.3) is 5.91 Å². The first-order chi connectivity index (χ1) is 24.5. The van der Waals surface area contributed by atoms with Crippen molar-refractivity contribution in [2.24, 2.45) is 5.92 Å². The van der Waals surface area contributed by atoms with E-state index in [0.29, 0.717) is 32.1 Å². The van der Waals surface area contributed by atoms with Crippen LogP contribution in [0.25, 0.3) is 0 Å². The van der Waals surface area contributed by atoms with Gasteiger partial charge in [-0.25, -0.2) is 22.4 Å². The van der Waals surface area contributed by atoms with E-state index in [4.69, 9.17) is 9.47 Å². The number of carbonyl (C=O) groups is 5. The summed E-state index contributed by atoms with van der Waals surface area (Å²) >= 11 is 0. The van der Waals surface area contributed by atoms with Crippen LogP contribution < -0.4 is 15.4 Å². The molecule has 3 aliphatic heterocycles. The summed E-state index contributed by atoms with van der Waals surface area (Å²) < 4.78 is 52.8. The molecule has 6 rings (SSSR count). The van der Waals surface area contributed by atoms with E-state index in [9.17, 15) is 36.8 Å². The second kappa shape index (κ2) is 14.7. The average molecular weight is 746 g/mol. The molecule has 14 nitrogen and oxygen atoms in total. The summed E-state index contributed by atoms with van der Waals surface area (Å²) in [6.07, 6.45) is 5.76. The Bertz CT molecular complexity index is 1740. The second-order valence-electron chi connectivity index (χ2n) is 15.5. The maximum absolute atomic E-state index is 14.3. The van der Waals surface area contributed by atoms with Crippen LogP contribution in [0, 0.1) is 11.7 Å². The molecule has 0 radical (unpaired) electrons. The lowest BCUT2D eigenvalue weighted by atomic mass is 10.00. The molecule has 5 amide bonds. The first-order valence-corrected chi connectivity index (χ1v) is 19.7. The Morgan fingerprint density at radius 1 is 1.06 bits per heavy atom. The lowest BCUT2D eigenvalue weighted by Crippen LogP contribution is -2.58. The Kier molecular flexibility index (Phi) is 10.6. The topological polar surface area (TPSA) is 181 Å². The maximum Gasteiger partial charge on any atom is 0.410 e. The van der Waals surface area contributed by atoms with Crippen LogP contribution in [0.15, 0.2) is 30.4 Å². The van der Waals surface area contributed by atoms with Gasteiger partial charge in [0.1, 0.15) is 35.1 Å². The van der Waals surface area contributed by atoms with Crippen molar-refractivity contribution in [2.45, 2.75) is 126 Å². The van der Waals surface area contributed by atoms with E-state index in [-0.39, 0.29) is 44.7 Å². The number of nitrogens with one attached hydrogen (secondary N) is 3. The van der Waals surface area contributed by atoms with Gasteiger partial charge in [-0.05, 0) is 89.0 Å². The third-order valence-electron chi connectivity index (χ3n) is 10.2. The lowest BCUT2D eigenvalue weighted by molar-refractivity contribution is -0.141. The summed E-state index contributed by atoms with van der Waals surface area (Å²) in [5.41, 5.74) is -0.790. The molecule has 2 saturated carbocycles. The van der Waals surface area contributed by atoms with Crippen molar-refractivity contribution in [2.75, 3.05) is 13.1 Å². The summed E-state index contributed by atoms with van der Waals surface area (Å²) in [4.78, 5) is 71.2. The fourth-order valence-corrected chi connectivity index (χ4v) is 8.56. The molecule has 0 aromatic heterocycles. The smallest absolute Gasteiger partial charge is 0.410 e. The highest BCUT2D eigenvalue weighted by Gasteiger charge is 2.62. The molecule has 284 valence electrons. The van der Waals surface area contributed by atoms with Gasteiger partial charge >= 0.3 is 12.2 Å². The molecule has 52 heavy (non-hydrogen) atoms. The van der Waals surface area contributed by atoms with Gasteiger partial charge in [0.05, 0.1) is 11.8 Å². The number of allylic oxidation sites excluding steroid dienone is 1. The summed E-state index contributed by atoms with van der Waals surface area (Å²) in [6.45, 7) is 5.42. The zero-order chi connectivity index (χ0) is 37.4. The molecule has 3 fully saturated rings. The van der Waals surface area contributed by atoms with Gasteiger partial charge in [0.2, 0.25) is 21.8 Å². The summed E-state index contributed by atoms with van der Waals surface area (Å²) in [7, 11) is -3.91. The first kappa shape index (κ1) is 37.5. The molecule has 3 heterocycles. The number of rotatable bonds is 5. The van der Waals surface area contributed by atoms with Crippen LogP contribution in [-0.4, -0.2) is 95.8 Å². The number of ether oxygens (including phenoxy) is 2. The second-order valence-corrected chi connectivity index (χ2v) is 17.5. The first-order valence-electron chi connectivity index (χ1n) is 18.1. The van der Waals surface area contributed by atoms with Crippen LogP contribution >= 0.6 is 0 Å². The van der Waals surface area contributed by atoms with Gasteiger partial charge in [0, 0.05) is 25.4 Å². The van der Waals surface area contributed by atoms with Crippen LogP contribution in [0.4, 0.5) is 14.0 Å². The van der Waals surface area contributed by atoms with E-state index in [1.807, 2.05) is 12.2 Å². The van der Waals surface area contributed by atoms with Crippen molar-refractivity contribution in [3.63, 3.8) is 0 Å². The molecule has 1 saturated heterocycles. The van der Waals surface area contributed by atoms with Gasteiger partial charge in [0.15, 0.2) is 0 Å². The van der Waals surface area contributed by atoms with Gasteiger partial charge in [-0.3, -0.25) is 19.1 Å². The average Bonchev–Trinajstić information content (AvgIpc) is 3.99. The van der Waals surface area contributed by atoms with E-state index < -0.39 is 80.4 Å². The zero-order valence-corrected chi connectivity index (χ0v) is 30.6. The van der Waals surface area contributed by atoms with E-state index in [1.165, 1.54) is 21.9 Å². The molecule has 5 aliphatic rings. The maximum atomic E-state index is 14.3. The van der Waals surface area contributed by atoms with Crippen LogP contribution in [0.3, 0.4) is 0 Å². The zero-order valence-electron chi connectivity index (χ0n) is 29.8. The normalized spacial score (nSPS) is 28.8. The Morgan fingerprint density at radius 3 is 2.56 bits per heavy atom. The number of amides is 5. The van der Waals surface area contributed by atoms with Crippen molar-refractivity contribution in [3.05, 3.63) is 47.3 Å². The predicted molar refractivity (Wildman–Crippen MR) is 185 cm³/mol. The predicted octanol–water partition coefficient (Wildman–Crippen LogP) is 3.19. The fourth-order valence-electron chi connectivity index (χ4n) is 7.19. The van der Waals surface area contributed by atoms with Crippen molar-refractivity contribution >= 4 is 39.9 Å². The van der Waals surface area contributed by atoms with Crippen LogP contribution in [-0.2, 0) is 46.8 Å². The largest absolute Gasteiger partial charge is 0.444 e. The number of carbonyl (C=O) groups excluding carboxylic acids is 5. The highest BCUT2D eigenvalue weighted by atomic mass is 32.2. The number of benzene rings is 1. The third-order valence-corrected chi connectivity index (χ3v) is 12.1. The molecule has 0 bridgehead atoms. The molecule has 16 heteroatoms. The minimum absolute atomic E-state index is 0.101. The van der Waals surface area contributed by atoms with E-state index in [0.717, 1.165) is 24.0 Å². The Morgan fingerprint density at radius 2 is 1.83 bits per heavy atom. The number of hydrogen-bond donors (Lipinski definition) is 3. The quantitative estimate of drug-likeness (QED) is 0.382. The van der Waals surface area contributed by atoms with Gasteiger partial charge in [-0.15, -0.1) is 0 Å². The number of halogens is 1. The fraction of sp³-hybridized carbons (Fsp3) is 0.639. The monoisotopic (exact) mass is 745 g/mol. The van der Waals surface area contributed by atoms with Crippen molar-refractivity contribution in [3.8, 4) is 0 Å². The van der Waals surface area contributed by atoms with Crippen molar-refractivity contribution in [1.82, 2.24) is 25.2 Å².